The molecular weight excluding hydrogens is 251 g/mol. The molecule has 0 aromatic heterocycles. The van der Waals surface area contributed by atoms with E-state index in [-0.39, 0.29) is 11.4 Å². The molecule has 0 aliphatic rings. The van der Waals surface area contributed by atoms with E-state index in [4.69, 9.17) is 0 Å². The highest BCUT2D eigenvalue weighted by Gasteiger charge is 2.13. The van der Waals surface area contributed by atoms with Crippen LogP contribution >= 0.6 is 15.9 Å². The van der Waals surface area contributed by atoms with Crippen molar-refractivity contribution in [1.29, 1.82) is 0 Å². The van der Waals surface area contributed by atoms with Crippen molar-refractivity contribution >= 4 is 21.9 Å². The van der Waals surface area contributed by atoms with Crippen LogP contribution in [0.4, 0.5) is 4.39 Å². The van der Waals surface area contributed by atoms with Gasteiger partial charge >= 0.3 is 5.97 Å². The van der Waals surface area contributed by atoms with Crippen LogP contribution in [0, 0.1) is 12.7 Å². The molecule has 0 saturated carbocycles. The van der Waals surface area contributed by atoms with Crippen LogP contribution in [-0.4, -0.2) is 13.1 Å². The normalized spacial score (nSPS) is 10.0. The molecule has 4 heteroatoms. The van der Waals surface area contributed by atoms with E-state index < -0.39 is 5.97 Å². The van der Waals surface area contributed by atoms with Gasteiger partial charge in [0.2, 0.25) is 0 Å². The molecule has 0 unspecified atom stereocenters. The molecule has 1 aromatic rings. The third kappa shape index (κ3) is 2.12. The molecular formula is C10H10BrFO2. The SMILES string of the molecule is COC(=O)c1cc(CBr)cc(F)c1C. The van der Waals surface area contributed by atoms with Gasteiger partial charge < -0.3 is 4.74 Å². The zero-order valence-corrected chi connectivity index (χ0v) is 9.52. The van der Waals surface area contributed by atoms with Crippen molar-refractivity contribution < 1.29 is 13.9 Å². The minimum Gasteiger partial charge on any atom is -0.465 e. The fourth-order valence-corrected chi connectivity index (χ4v) is 1.46. The first-order chi connectivity index (χ1) is 6.60. The van der Waals surface area contributed by atoms with Crippen molar-refractivity contribution in [3.05, 3.63) is 34.6 Å². The van der Waals surface area contributed by atoms with Crippen molar-refractivity contribution in [2.75, 3.05) is 7.11 Å². The van der Waals surface area contributed by atoms with Gasteiger partial charge in [-0.2, -0.15) is 0 Å². The number of hydrogen-bond acceptors (Lipinski definition) is 2. The molecule has 0 heterocycles. The van der Waals surface area contributed by atoms with Gasteiger partial charge in [0.25, 0.3) is 0 Å². The number of esters is 1. The van der Waals surface area contributed by atoms with Crippen LogP contribution in [0.2, 0.25) is 0 Å². The average Bonchev–Trinajstić information content (AvgIpc) is 2.20. The van der Waals surface area contributed by atoms with Gasteiger partial charge in [0.1, 0.15) is 5.82 Å². The van der Waals surface area contributed by atoms with Crippen molar-refractivity contribution in [1.82, 2.24) is 0 Å². The number of benzene rings is 1. The Labute approximate surface area is 90.2 Å². The molecule has 1 aromatic carbocycles. The lowest BCUT2D eigenvalue weighted by Gasteiger charge is -2.06. The van der Waals surface area contributed by atoms with Gasteiger partial charge in [0.05, 0.1) is 12.7 Å². The van der Waals surface area contributed by atoms with E-state index in [0.29, 0.717) is 16.5 Å². The maximum atomic E-state index is 13.3. The number of halogens is 2. The van der Waals surface area contributed by atoms with Crippen molar-refractivity contribution in [3.63, 3.8) is 0 Å². The van der Waals surface area contributed by atoms with E-state index in [1.54, 1.807) is 13.0 Å². The summed E-state index contributed by atoms with van der Waals surface area (Å²) in [6.07, 6.45) is 0. The summed E-state index contributed by atoms with van der Waals surface area (Å²) < 4.78 is 17.8. The predicted molar refractivity (Wildman–Crippen MR) is 55.1 cm³/mol. The lowest BCUT2D eigenvalue weighted by molar-refractivity contribution is 0.0599. The molecule has 0 radical (unpaired) electrons. The molecule has 0 aliphatic heterocycles. The molecule has 0 N–H and O–H groups in total. The highest BCUT2D eigenvalue weighted by Crippen LogP contribution is 2.18. The van der Waals surface area contributed by atoms with E-state index in [1.807, 2.05) is 0 Å². The zero-order chi connectivity index (χ0) is 10.7. The zero-order valence-electron chi connectivity index (χ0n) is 7.93. The van der Waals surface area contributed by atoms with E-state index in [9.17, 15) is 9.18 Å². The summed E-state index contributed by atoms with van der Waals surface area (Å²) >= 11 is 3.20. The quantitative estimate of drug-likeness (QED) is 0.604. The molecule has 0 amide bonds. The summed E-state index contributed by atoms with van der Waals surface area (Å²) in [6.45, 7) is 1.56. The lowest BCUT2D eigenvalue weighted by Crippen LogP contribution is -2.06. The van der Waals surface area contributed by atoms with Crippen molar-refractivity contribution in [3.8, 4) is 0 Å². The van der Waals surface area contributed by atoms with Gasteiger partial charge in [0, 0.05) is 5.33 Å². The molecule has 0 spiro atoms. The first-order valence-electron chi connectivity index (χ1n) is 4.03. The Kier molecular flexibility index (Phi) is 3.63. The van der Waals surface area contributed by atoms with Crippen LogP contribution in [0.5, 0.6) is 0 Å². The number of alkyl halides is 1. The van der Waals surface area contributed by atoms with Gasteiger partial charge in [-0.05, 0) is 30.2 Å². The third-order valence-corrected chi connectivity index (χ3v) is 2.61. The predicted octanol–water partition coefficient (Wildman–Crippen LogP) is 2.82. The summed E-state index contributed by atoms with van der Waals surface area (Å²) in [5, 5.41) is 0.508. The maximum absolute atomic E-state index is 13.3. The van der Waals surface area contributed by atoms with E-state index in [2.05, 4.69) is 20.7 Å². The standard InChI is InChI=1S/C10H10BrFO2/c1-6-8(10(13)14-2)3-7(5-11)4-9(6)12/h3-4H,5H2,1-2H3. The molecule has 1 rings (SSSR count). The van der Waals surface area contributed by atoms with Crippen LogP contribution in [0.1, 0.15) is 21.5 Å². The average molecular weight is 261 g/mol. The number of carbonyl (C=O) groups is 1. The second-order valence-electron chi connectivity index (χ2n) is 2.88. The molecule has 76 valence electrons. The van der Waals surface area contributed by atoms with Gasteiger partial charge in [-0.25, -0.2) is 9.18 Å². The fraction of sp³-hybridized carbons (Fsp3) is 0.300. The van der Waals surface area contributed by atoms with E-state index in [1.165, 1.54) is 13.2 Å². The largest absolute Gasteiger partial charge is 0.465 e. The second-order valence-corrected chi connectivity index (χ2v) is 3.44. The molecule has 0 fully saturated rings. The summed E-state index contributed by atoms with van der Waals surface area (Å²) in [7, 11) is 1.28. The summed E-state index contributed by atoms with van der Waals surface area (Å²) in [4.78, 5) is 11.3. The Morgan fingerprint density at radius 1 is 1.57 bits per heavy atom. The highest BCUT2D eigenvalue weighted by molar-refractivity contribution is 9.08. The van der Waals surface area contributed by atoms with Crippen molar-refractivity contribution in [2.45, 2.75) is 12.3 Å². The third-order valence-electron chi connectivity index (χ3n) is 1.96. The number of methoxy groups -OCH3 is 1. The Balaban J connectivity index is 3.27. The van der Waals surface area contributed by atoms with Crippen LogP contribution in [-0.2, 0) is 10.1 Å². The topological polar surface area (TPSA) is 26.3 Å². The fourth-order valence-electron chi connectivity index (χ4n) is 1.13. The van der Waals surface area contributed by atoms with Gasteiger partial charge in [-0.15, -0.1) is 0 Å². The number of hydrogen-bond donors (Lipinski definition) is 0. The Bertz CT molecular complexity index is 363. The lowest BCUT2D eigenvalue weighted by atomic mass is 10.1. The molecule has 0 bridgehead atoms. The van der Waals surface area contributed by atoms with Crippen LogP contribution in [0.15, 0.2) is 12.1 Å². The first kappa shape index (κ1) is 11.2. The van der Waals surface area contributed by atoms with Crippen molar-refractivity contribution in [2.24, 2.45) is 0 Å². The Hall–Kier alpha value is -0.900. The summed E-state index contributed by atoms with van der Waals surface area (Å²) in [5.74, 6) is -0.897. The van der Waals surface area contributed by atoms with Crippen LogP contribution in [0.3, 0.4) is 0 Å². The monoisotopic (exact) mass is 260 g/mol. The minimum atomic E-state index is -0.510. The summed E-state index contributed by atoms with van der Waals surface area (Å²) in [6, 6.07) is 3.02. The number of carbonyl (C=O) groups excluding carboxylic acids is 1. The Morgan fingerprint density at radius 2 is 2.21 bits per heavy atom. The van der Waals surface area contributed by atoms with E-state index in [0.717, 1.165) is 0 Å². The van der Waals surface area contributed by atoms with Gasteiger partial charge in [0.15, 0.2) is 0 Å². The first-order valence-corrected chi connectivity index (χ1v) is 5.15. The maximum Gasteiger partial charge on any atom is 0.338 e. The Morgan fingerprint density at radius 3 is 2.71 bits per heavy atom. The van der Waals surface area contributed by atoms with Gasteiger partial charge in [-0.3, -0.25) is 0 Å². The summed E-state index contributed by atoms with van der Waals surface area (Å²) in [5.41, 5.74) is 1.32. The highest BCUT2D eigenvalue weighted by atomic mass is 79.9. The molecule has 0 saturated heterocycles. The molecule has 0 atom stereocenters. The number of ether oxygens (including phenoxy) is 1. The van der Waals surface area contributed by atoms with Crippen LogP contribution < -0.4 is 0 Å². The molecule has 0 aliphatic carbocycles. The minimum absolute atomic E-state index is 0.280. The second kappa shape index (κ2) is 4.55. The van der Waals surface area contributed by atoms with E-state index >= 15 is 0 Å². The van der Waals surface area contributed by atoms with Crippen LogP contribution in [0.25, 0.3) is 0 Å². The molecule has 2 nitrogen and oxygen atoms in total. The molecule has 14 heavy (non-hydrogen) atoms. The smallest absolute Gasteiger partial charge is 0.338 e. The van der Waals surface area contributed by atoms with Gasteiger partial charge in [-0.1, -0.05) is 15.9 Å². The number of rotatable bonds is 2.